The summed E-state index contributed by atoms with van der Waals surface area (Å²) in [5.74, 6) is -0.390. The van der Waals surface area contributed by atoms with E-state index in [2.05, 4.69) is 26.6 Å². The second-order valence-corrected chi connectivity index (χ2v) is 11.7. The van der Waals surface area contributed by atoms with Gasteiger partial charge in [-0.25, -0.2) is 4.52 Å². The highest BCUT2D eigenvalue weighted by Crippen LogP contribution is 2.30. The molecule has 0 aliphatic carbocycles. The number of rotatable bonds is 6. The Balaban J connectivity index is 1.47. The Kier molecular flexibility index (Phi) is 7.81. The van der Waals surface area contributed by atoms with Gasteiger partial charge in [-0.2, -0.15) is 5.10 Å². The van der Waals surface area contributed by atoms with E-state index in [-0.39, 0.29) is 30.0 Å². The Labute approximate surface area is 261 Å². The zero-order valence-electron chi connectivity index (χ0n) is 23.5. The third-order valence-corrected chi connectivity index (χ3v) is 8.97. The van der Waals surface area contributed by atoms with Crippen molar-refractivity contribution >= 4 is 50.7 Å². The van der Waals surface area contributed by atoms with Crippen LogP contribution in [0, 0.1) is 0 Å². The predicted octanol–water partition coefficient (Wildman–Crippen LogP) is 5.46. The Morgan fingerprint density at radius 1 is 1.05 bits per heavy atom. The van der Waals surface area contributed by atoms with Crippen molar-refractivity contribution < 1.29 is 9.59 Å². The lowest BCUT2D eigenvalue weighted by atomic mass is 9.98. The molecule has 0 saturated carbocycles. The molecule has 3 aromatic carbocycles. The number of fused-ring (bicyclic) bond motifs is 3. The van der Waals surface area contributed by atoms with E-state index in [9.17, 15) is 14.4 Å². The predicted molar refractivity (Wildman–Crippen MR) is 170 cm³/mol. The van der Waals surface area contributed by atoms with Gasteiger partial charge >= 0.3 is 0 Å². The number of nitrogens with zero attached hydrogens (tertiary/aromatic N) is 4. The van der Waals surface area contributed by atoms with Gasteiger partial charge in [0.15, 0.2) is 5.65 Å². The maximum atomic E-state index is 14.3. The van der Waals surface area contributed by atoms with E-state index in [0.29, 0.717) is 61.9 Å². The van der Waals surface area contributed by atoms with E-state index in [1.807, 2.05) is 37.3 Å². The Morgan fingerprint density at radius 3 is 2.47 bits per heavy atom. The zero-order valence-corrected chi connectivity index (χ0v) is 25.8. The van der Waals surface area contributed by atoms with Gasteiger partial charge < -0.3 is 15.5 Å². The van der Waals surface area contributed by atoms with Gasteiger partial charge in [0.1, 0.15) is 0 Å². The summed E-state index contributed by atoms with van der Waals surface area (Å²) in [6.45, 7) is 2.66. The molecule has 1 atom stereocenters. The van der Waals surface area contributed by atoms with Crippen LogP contribution in [0.25, 0.3) is 11.3 Å². The SMILES string of the molecule is CNC(=O)c1ccc(-n2c(=O)c3c(n4ncc(NCc5ccccc5)c24)CN(C(=O)c2ccc(Br)c(Cl)c2)[C@H](C)C3)cc1. The number of nitrogens with one attached hydrogen (secondary N) is 2. The molecular formula is C32H28BrClN6O3. The van der Waals surface area contributed by atoms with Crippen LogP contribution in [0.4, 0.5) is 5.69 Å². The van der Waals surface area contributed by atoms with Crippen molar-refractivity contribution in [1.29, 1.82) is 0 Å². The molecule has 2 N–H and O–H groups in total. The van der Waals surface area contributed by atoms with E-state index in [4.69, 9.17) is 16.7 Å². The maximum absolute atomic E-state index is 14.3. The van der Waals surface area contributed by atoms with Crippen LogP contribution in [0.15, 0.2) is 88.3 Å². The van der Waals surface area contributed by atoms with Crippen LogP contribution in [-0.2, 0) is 19.5 Å². The lowest BCUT2D eigenvalue weighted by molar-refractivity contribution is 0.0651. The minimum Gasteiger partial charge on any atom is -0.377 e. The lowest BCUT2D eigenvalue weighted by Gasteiger charge is -2.35. The summed E-state index contributed by atoms with van der Waals surface area (Å²) < 4.78 is 4.09. The van der Waals surface area contributed by atoms with E-state index in [0.717, 1.165) is 5.56 Å². The maximum Gasteiger partial charge on any atom is 0.261 e. The second-order valence-electron chi connectivity index (χ2n) is 10.4. The second kappa shape index (κ2) is 11.7. The van der Waals surface area contributed by atoms with Crippen LogP contribution in [0.2, 0.25) is 5.02 Å². The molecular weight excluding hydrogens is 632 g/mol. The number of anilines is 1. The molecule has 0 saturated heterocycles. The molecule has 11 heteroatoms. The van der Waals surface area contributed by atoms with Crippen molar-refractivity contribution in [1.82, 2.24) is 24.4 Å². The summed E-state index contributed by atoms with van der Waals surface area (Å²) in [5, 5.41) is 11.2. The van der Waals surface area contributed by atoms with E-state index >= 15 is 0 Å². The van der Waals surface area contributed by atoms with Gasteiger partial charge in [-0.15, -0.1) is 0 Å². The number of amides is 2. The van der Waals surface area contributed by atoms with Gasteiger partial charge in [-0.1, -0.05) is 41.9 Å². The molecule has 1 aliphatic rings. The van der Waals surface area contributed by atoms with Crippen LogP contribution in [-0.4, -0.2) is 44.0 Å². The molecule has 218 valence electrons. The third-order valence-electron chi connectivity index (χ3n) is 7.74. The molecule has 0 fully saturated rings. The summed E-state index contributed by atoms with van der Waals surface area (Å²) in [7, 11) is 1.57. The van der Waals surface area contributed by atoms with Crippen LogP contribution in [0.1, 0.15) is 44.5 Å². The summed E-state index contributed by atoms with van der Waals surface area (Å²) in [4.78, 5) is 41.9. The normalized spacial score (nSPS) is 14.4. The fourth-order valence-electron chi connectivity index (χ4n) is 5.46. The molecule has 5 aromatic rings. The van der Waals surface area contributed by atoms with Crippen LogP contribution in [0.5, 0.6) is 0 Å². The van der Waals surface area contributed by atoms with Crippen LogP contribution < -0.4 is 16.2 Å². The van der Waals surface area contributed by atoms with Crippen molar-refractivity contribution in [2.75, 3.05) is 12.4 Å². The summed E-state index contributed by atoms with van der Waals surface area (Å²) >= 11 is 9.68. The Morgan fingerprint density at radius 2 is 1.77 bits per heavy atom. The number of hydrogen-bond acceptors (Lipinski definition) is 5. The van der Waals surface area contributed by atoms with E-state index < -0.39 is 0 Å². The summed E-state index contributed by atoms with van der Waals surface area (Å²) in [6.07, 6.45) is 2.05. The van der Waals surface area contributed by atoms with Crippen molar-refractivity contribution in [3.63, 3.8) is 0 Å². The monoisotopic (exact) mass is 658 g/mol. The average Bonchev–Trinajstić information content (AvgIpc) is 3.45. The summed E-state index contributed by atoms with van der Waals surface area (Å²) in [5.41, 5.74) is 4.88. The molecule has 2 amide bonds. The molecule has 2 aromatic heterocycles. The quantitative estimate of drug-likeness (QED) is 0.252. The van der Waals surface area contributed by atoms with Gasteiger partial charge in [-0.05, 0) is 77.3 Å². The molecule has 3 heterocycles. The highest BCUT2D eigenvalue weighted by molar-refractivity contribution is 9.10. The Bertz CT molecular complexity index is 1920. The van der Waals surface area contributed by atoms with Gasteiger partial charge in [0.25, 0.3) is 17.4 Å². The first-order valence-electron chi connectivity index (χ1n) is 13.8. The van der Waals surface area contributed by atoms with Gasteiger partial charge in [0.2, 0.25) is 0 Å². The number of aromatic nitrogens is 3. The fourth-order valence-corrected chi connectivity index (χ4v) is 5.89. The van der Waals surface area contributed by atoms with Crippen LogP contribution >= 0.6 is 27.5 Å². The molecule has 6 rings (SSSR count). The topological polar surface area (TPSA) is 101 Å². The molecule has 0 unspecified atom stereocenters. The lowest BCUT2D eigenvalue weighted by Crippen LogP contribution is -2.46. The van der Waals surface area contributed by atoms with Gasteiger partial charge in [0, 0.05) is 40.8 Å². The van der Waals surface area contributed by atoms with Crippen molar-refractivity contribution in [2.24, 2.45) is 0 Å². The van der Waals surface area contributed by atoms with Crippen LogP contribution in [0.3, 0.4) is 0 Å². The number of carbonyl (C=O) groups is 2. The van der Waals surface area contributed by atoms with E-state index in [1.165, 1.54) is 0 Å². The van der Waals surface area contributed by atoms with Gasteiger partial charge in [0.05, 0.1) is 34.8 Å². The first-order chi connectivity index (χ1) is 20.8. The molecule has 1 aliphatic heterocycles. The number of hydrogen-bond donors (Lipinski definition) is 2. The molecule has 9 nitrogen and oxygen atoms in total. The third kappa shape index (κ3) is 5.32. The van der Waals surface area contributed by atoms with Gasteiger partial charge in [-0.3, -0.25) is 19.0 Å². The zero-order chi connectivity index (χ0) is 30.2. The standard InChI is InChI=1S/C32H28BrClN6O3/c1-19-14-24-28(18-38(19)31(42)22-10-13-25(33)26(34)15-22)40-30(27(17-37-40)36-16-20-6-4-3-5-7-20)39(32(24)43)23-11-8-21(9-12-23)29(41)35-2/h3-13,15,17,19,36H,14,16,18H2,1-2H3,(H,35,41)/t19-/m1/s1. The minimum absolute atomic E-state index is 0.177. The summed E-state index contributed by atoms with van der Waals surface area (Å²) in [6, 6.07) is 21.7. The fraction of sp³-hybridized carbons (Fsp3) is 0.188. The highest BCUT2D eigenvalue weighted by Gasteiger charge is 2.33. The largest absolute Gasteiger partial charge is 0.377 e. The number of halogens is 2. The van der Waals surface area contributed by atoms with Crippen molar-refractivity contribution in [3.05, 3.63) is 127 Å². The van der Waals surface area contributed by atoms with Crippen molar-refractivity contribution in [3.8, 4) is 5.69 Å². The first-order valence-corrected chi connectivity index (χ1v) is 14.9. The highest BCUT2D eigenvalue weighted by atomic mass is 79.9. The smallest absolute Gasteiger partial charge is 0.261 e. The average molecular weight is 660 g/mol. The number of benzene rings is 3. The van der Waals surface area contributed by atoms with Crippen molar-refractivity contribution in [2.45, 2.75) is 32.5 Å². The molecule has 0 spiro atoms. The molecule has 43 heavy (non-hydrogen) atoms. The van der Waals surface area contributed by atoms with E-state index in [1.54, 1.807) is 69.7 Å². The minimum atomic E-state index is -0.247. The molecule has 0 radical (unpaired) electrons. The number of carbonyl (C=O) groups excluding carboxylic acids is 2. The Hall–Kier alpha value is -4.41. The first kappa shape index (κ1) is 28.7. The molecule has 0 bridgehead atoms.